The van der Waals surface area contributed by atoms with E-state index in [9.17, 15) is 5.11 Å². The van der Waals surface area contributed by atoms with Gasteiger partial charge >= 0.3 is 0 Å². The summed E-state index contributed by atoms with van der Waals surface area (Å²) in [7, 11) is 1.62. The first kappa shape index (κ1) is 12.2. The maximum Gasteiger partial charge on any atom is 0.125 e. The highest BCUT2D eigenvalue weighted by Gasteiger charge is 2.17. The maximum absolute atomic E-state index is 10.6. The number of hydrogen-bond acceptors (Lipinski definition) is 3. The summed E-state index contributed by atoms with van der Waals surface area (Å²) < 4.78 is 6.45. The van der Waals surface area contributed by atoms with E-state index in [1.54, 1.807) is 18.4 Å². The summed E-state index contributed by atoms with van der Waals surface area (Å²) in [5, 5.41) is 13.9. The second kappa shape index (κ2) is 5.03. The van der Waals surface area contributed by atoms with E-state index in [2.05, 4.69) is 12.1 Å². The fourth-order valence-electron chi connectivity index (χ4n) is 2.29. The Kier molecular flexibility index (Phi) is 3.23. The van der Waals surface area contributed by atoms with Crippen LogP contribution in [0.5, 0.6) is 5.75 Å². The van der Waals surface area contributed by atoms with Crippen LogP contribution in [0, 0.1) is 0 Å². The molecule has 0 saturated carbocycles. The van der Waals surface area contributed by atoms with Gasteiger partial charge in [-0.25, -0.2) is 0 Å². The topological polar surface area (TPSA) is 29.5 Å². The lowest BCUT2D eigenvalue weighted by atomic mass is 9.99. The summed E-state index contributed by atoms with van der Waals surface area (Å²) >= 11 is 1.65. The smallest absolute Gasteiger partial charge is 0.125 e. The van der Waals surface area contributed by atoms with Gasteiger partial charge in [0.1, 0.15) is 11.9 Å². The van der Waals surface area contributed by atoms with Gasteiger partial charge < -0.3 is 9.84 Å². The standard InChI is InChI=1S/C16H14O2S/c1-18-14-8-3-2-6-12(14)15(17)13-7-4-5-11-9-10-19-16(11)13/h2-10,15,17H,1H3. The highest BCUT2D eigenvalue weighted by Crippen LogP contribution is 2.35. The monoisotopic (exact) mass is 270 g/mol. The third-order valence-electron chi connectivity index (χ3n) is 3.24. The van der Waals surface area contributed by atoms with Gasteiger partial charge in [0.15, 0.2) is 0 Å². The molecule has 0 spiro atoms. The van der Waals surface area contributed by atoms with Gasteiger partial charge in [-0.15, -0.1) is 11.3 Å². The zero-order valence-electron chi connectivity index (χ0n) is 10.5. The Hall–Kier alpha value is -1.84. The van der Waals surface area contributed by atoms with E-state index in [1.807, 2.05) is 41.8 Å². The Morgan fingerprint density at radius 3 is 2.63 bits per heavy atom. The van der Waals surface area contributed by atoms with E-state index in [1.165, 1.54) is 0 Å². The van der Waals surface area contributed by atoms with Gasteiger partial charge in [0.2, 0.25) is 0 Å². The van der Waals surface area contributed by atoms with Gasteiger partial charge in [-0.2, -0.15) is 0 Å². The summed E-state index contributed by atoms with van der Waals surface area (Å²) in [6.45, 7) is 0. The molecular weight excluding hydrogens is 256 g/mol. The van der Waals surface area contributed by atoms with Crippen LogP contribution in [0.3, 0.4) is 0 Å². The quantitative estimate of drug-likeness (QED) is 0.779. The van der Waals surface area contributed by atoms with Crippen molar-refractivity contribution in [3.05, 3.63) is 65.0 Å². The second-order valence-corrected chi connectivity index (χ2v) is 5.25. The molecule has 0 fully saturated rings. The molecule has 2 aromatic carbocycles. The minimum atomic E-state index is -0.668. The first-order valence-electron chi connectivity index (χ1n) is 6.08. The molecule has 19 heavy (non-hydrogen) atoms. The highest BCUT2D eigenvalue weighted by molar-refractivity contribution is 7.17. The van der Waals surface area contributed by atoms with Crippen molar-refractivity contribution < 1.29 is 9.84 Å². The largest absolute Gasteiger partial charge is 0.496 e. The molecule has 3 aromatic rings. The summed E-state index contributed by atoms with van der Waals surface area (Å²) in [5.41, 5.74) is 1.72. The van der Waals surface area contributed by atoms with Crippen LogP contribution in [0.2, 0.25) is 0 Å². The lowest BCUT2D eigenvalue weighted by Gasteiger charge is -2.15. The van der Waals surface area contributed by atoms with Gasteiger partial charge in [0.05, 0.1) is 7.11 Å². The fourth-order valence-corrected chi connectivity index (χ4v) is 3.23. The van der Waals surface area contributed by atoms with Gasteiger partial charge in [-0.05, 0) is 22.9 Å². The molecule has 1 aromatic heterocycles. The summed E-state index contributed by atoms with van der Waals surface area (Å²) in [4.78, 5) is 0. The Morgan fingerprint density at radius 1 is 1.00 bits per heavy atom. The molecule has 0 radical (unpaired) electrons. The van der Waals surface area contributed by atoms with Crippen molar-refractivity contribution >= 4 is 21.4 Å². The van der Waals surface area contributed by atoms with E-state index in [-0.39, 0.29) is 0 Å². The number of aliphatic hydroxyl groups is 1. The molecule has 3 heteroatoms. The number of aliphatic hydroxyl groups excluding tert-OH is 1. The molecule has 0 amide bonds. The minimum absolute atomic E-state index is 0.668. The van der Waals surface area contributed by atoms with Crippen molar-refractivity contribution in [1.82, 2.24) is 0 Å². The zero-order chi connectivity index (χ0) is 13.2. The van der Waals surface area contributed by atoms with Crippen molar-refractivity contribution in [1.29, 1.82) is 0 Å². The molecule has 0 aliphatic heterocycles. The number of rotatable bonds is 3. The number of hydrogen-bond donors (Lipinski definition) is 1. The average molecular weight is 270 g/mol. The number of para-hydroxylation sites is 1. The average Bonchev–Trinajstić information content (AvgIpc) is 2.94. The van der Waals surface area contributed by atoms with Crippen molar-refractivity contribution in [3.8, 4) is 5.75 Å². The number of methoxy groups -OCH3 is 1. The summed E-state index contributed by atoms with van der Waals surface area (Å²) in [5.74, 6) is 0.712. The Balaban J connectivity index is 2.13. The molecule has 1 heterocycles. The third kappa shape index (κ3) is 2.11. The third-order valence-corrected chi connectivity index (χ3v) is 4.22. The summed E-state index contributed by atoms with van der Waals surface area (Å²) in [6, 6.07) is 15.7. The van der Waals surface area contributed by atoms with Crippen molar-refractivity contribution in [2.75, 3.05) is 7.11 Å². The highest BCUT2D eigenvalue weighted by atomic mass is 32.1. The Bertz CT molecular complexity index is 703. The Morgan fingerprint density at radius 2 is 1.79 bits per heavy atom. The van der Waals surface area contributed by atoms with E-state index in [0.717, 1.165) is 21.2 Å². The van der Waals surface area contributed by atoms with Crippen molar-refractivity contribution in [3.63, 3.8) is 0 Å². The molecule has 0 aliphatic rings. The van der Waals surface area contributed by atoms with Crippen LogP contribution in [0.4, 0.5) is 0 Å². The zero-order valence-corrected chi connectivity index (χ0v) is 11.4. The van der Waals surface area contributed by atoms with Crippen LogP contribution in [-0.2, 0) is 0 Å². The van der Waals surface area contributed by atoms with Crippen LogP contribution in [-0.4, -0.2) is 12.2 Å². The van der Waals surface area contributed by atoms with Crippen LogP contribution < -0.4 is 4.74 Å². The molecule has 3 rings (SSSR count). The van der Waals surface area contributed by atoms with Crippen LogP contribution >= 0.6 is 11.3 Å². The number of thiophene rings is 1. The molecule has 96 valence electrons. The van der Waals surface area contributed by atoms with E-state index < -0.39 is 6.10 Å². The van der Waals surface area contributed by atoms with Crippen LogP contribution in [0.25, 0.3) is 10.1 Å². The van der Waals surface area contributed by atoms with Gasteiger partial charge in [0, 0.05) is 15.8 Å². The molecule has 1 N–H and O–H groups in total. The summed E-state index contributed by atoms with van der Waals surface area (Å²) in [6.07, 6.45) is -0.668. The fraction of sp³-hybridized carbons (Fsp3) is 0.125. The van der Waals surface area contributed by atoms with Crippen LogP contribution in [0.1, 0.15) is 17.2 Å². The predicted molar refractivity (Wildman–Crippen MR) is 78.9 cm³/mol. The van der Waals surface area contributed by atoms with Crippen molar-refractivity contribution in [2.24, 2.45) is 0 Å². The Labute approximate surface area is 115 Å². The van der Waals surface area contributed by atoms with Gasteiger partial charge in [0.25, 0.3) is 0 Å². The lowest BCUT2D eigenvalue weighted by molar-refractivity contribution is 0.216. The lowest BCUT2D eigenvalue weighted by Crippen LogP contribution is -2.02. The minimum Gasteiger partial charge on any atom is -0.496 e. The second-order valence-electron chi connectivity index (χ2n) is 4.33. The predicted octanol–water partition coefficient (Wildman–Crippen LogP) is 3.99. The van der Waals surface area contributed by atoms with E-state index >= 15 is 0 Å². The van der Waals surface area contributed by atoms with Crippen LogP contribution in [0.15, 0.2) is 53.9 Å². The SMILES string of the molecule is COc1ccccc1C(O)c1cccc2ccsc12. The van der Waals surface area contributed by atoms with Gasteiger partial charge in [-0.1, -0.05) is 36.4 Å². The van der Waals surface area contributed by atoms with E-state index in [4.69, 9.17) is 4.74 Å². The van der Waals surface area contributed by atoms with Crippen molar-refractivity contribution in [2.45, 2.75) is 6.10 Å². The first-order valence-corrected chi connectivity index (χ1v) is 6.96. The first-order chi connectivity index (χ1) is 9.31. The molecule has 1 atom stereocenters. The molecule has 2 nitrogen and oxygen atoms in total. The normalized spacial score (nSPS) is 12.5. The molecule has 0 bridgehead atoms. The van der Waals surface area contributed by atoms with E-state index in [0.29, 0.717) is 5.75 Å². The number of ether oxygens (including phenoxy) is 1. The van der Waals surface area contributed by atoms with Gasteiger partial charge in [-0.3, -0.25) is 0 Å². The number of fused-ring (bicyclic) bond motifs is 1. The molecule has 1 unspecified atom stereocenters. The molecule has 0 aliphatic carbocycles. The number of benzene rings is 2. The molecule has 0 saturated heterocycles. The maximum atomic E-state index is 10.6. The molecular formula is C16H14O2S.